The van der Waals surface area contributed by atoms with E-state index in [2.05, 4.69) is 36.9 Å². The number of halogens is 2. The molecule has 0 aromatic heterocycles. The number of nitrogens with zero attached hydrogens (tertiary/aromatic N) is 1. The van der Waals surface area contributed by atoms with Crippen LogP contribution < -0.4 is 4.74 Å². The molecule has 0 aliphatic heterocycles. The van der Waals surface area contributed by atoms with Gasteiger partial charge in [0.05, 0.1) is 16.8 Å². The van der Waals surface area contributed by atoms with Crippen molar-refractivity contribution in [2.45, 2.75) is 13.8 Å². The largest absolute Gasteiger partial charge is 0.508 e. The third-order valence-electron chi connectivity index (χ3n) is 3.00. The lowest BCUT2D eigenvalue weighted by atomic mass is 10.2. The molecule has 0 spiro atoms. The second kappa shape index (κ2) is 7.15. The van der Waals surface area contributed by atoms with Gasteiger partial charge in [0.15, 0.2) is 11.5 Å². The molecule has 116 valence electrons. The number of rotatable bonds is 4. The van der Waals surface area contributed by atoms with Crippen molar-refractivity contribution in [1.82, 2.24) is 0 Å². The monoisotopic (exact) mass is 427 g/mol. The molecule has 0 bridgehead atoms. The quantitative estimate of drug-likeness (QED) is 0.667. The standard InChI is InChI=1S/C16H15Br2NO3/c1-3-22-13-7-10(14(17)15(18)16(13)21)8-19-12-5-4-11(20)6-9(12)2/h4-8,20-21H,3H2,1-2H3. The van der Waals surface area contributed by atoms with Crippen molar-refractivity contribution in [3.63, 3.8) is 0 Å². The first-order valence-electron chi connectivity index (χ1n) is 6.61. The summed E-state index contributed by atoms with van der Waals surface area (Å²) in [5, 5.41) is 19.4. The summed E-state index contributed by atoms with van der Waals surface area (Å²) in [4.78, 5) is 4.43. The van der Waals surface area contributed by atoms with E-state index in [-0.39, 0.29) is 11.5 Å². The van der Waals surface area contributed by atoms with Crippen molar-refractivity contribution in [1.29, 1.82) is 0 Å². The Morgan fingerprint density at radius 1 is 1.18 bits per heavy atom. The van der Waals surface area contributed by atoms with Crippen LogP contribution in [0, 0.1) is 6.92 Å². The van der Waals surface area contributed by atoms with Crippen LogP contribution in [-0.2, 0) is 0 Å². The molecule has 0 aliphatic carbocycles. The first-order chi connectivity index (χ1) is 10.4. The number of phenols is 2. The fourth-order valence-corrected chi connectivity index (χ4v) is 2.72. The normalized spacial score (nSPS) is 11.1. The van der Waals surface area contributed by atoms with E-state index in [1.807, 2.05) is 13.8 Å². The first kappa shape index (κ1) is 16.8. The van der Waals surface area contributed by atoms with Gasteiger partial charge in [-0.1, -0.05) is 0 Å². The second-order valence-corrected chi connectivity index (χ2v) is 6.19. The molecule has 2 aromatic carbocycles. The van der Waals surface area contributed by atoms with Crippen LogP contribution in [0.1, 0.15) is 18.1 Å². The molecule has 0 saturated heterocycles. The molecular formula is C16H15Br2NO3. The predicted octanol–water partition coefficient (Wildman–Crippen LogP) is 5.08. The summed E-state index contributed by atoms with van der Waals surface area (Å²) < 4.78 is 6.61. The van der Waals surface area contributed by atoms with Crippen molar-refractivity contribution in [2.75, 3.05) is 6.61 Å². The van der Waals surface area contributed by atoms with Gasteiger partial charge in [0, 0.05) is 16.3 Å². The van der Waals surface area contributed by atoms with E-state index in [4.69, 9.17) is 4.74 Å². The van der Waals surface area contributed by atoms with Crippen LogP contribution in [0.5, 0.6) is 17.2 Å². The Balaban J connectivity index is 2.42. The Hall–Kier alpha value is -1.53. The molecule has 6 heteroatoms. The highest BCUT2D eigenvalue weighted by molar-refractivity contribution is 9.13. The van der Waals surface area contributed by atoms with E-state index in [1.165, 1.54) is 0 Å². The van der Waals surface area contributed by atoms with Gasteiger partial charge in [0.25, 0.3) is 0 Å². The Labute approximate surface area is 145 Å². The Bertz CT molecular complexity index is 730. The van der Waals surface area contributed by atoms with Crippen molar-refractivity contribution >= 4 is 43.8 Å². The van der Waals surface area contributed by atoms with Gasteiger partial charge in [-0.15, -0.1) is 0 Å². The highest BCUT2D eigenvalue weighted by Gasteiger charge is 2.14. The predicted molar refractivity (Wildman–Crippen MR) is 94.8 cm³/mol. The number of aromatic hydroxyl groups is 2. The number of aryl methyl sites for hydroxylation is 1. The molecule has 0 saturated carbocycles. The zero-order valence-electron chi connectivity index (χ0n) is 12.1. The molecule has 2 N–H and O–H groups in total. The van der Waals surface area contributed by atoms with Crippen LogP contribution in [0.3, 0.4) is 0 Å². The van der Waals surface area contributed by atoms with Gasteiger partial charge in [-0.2, -0.15) is 0 Å². The molecule has 0 unspecified atom stereocenters. The molecular weight excluding hydrogens is 414 g/mol. The molecule has 4 nitrogen and oxygen atoms in total. The number of ether oxygens (including phenoxy) is 1. The number of phenolic OH excluding ortho intramolecular Hbond substituents is 2. The minimum atomic E-state index is 0.0479. The lowest BCUT2D eigenvalue weighted by Gasteiger charge is -2.11. The van der Waals surface area contributed by atoms with Gasteiger partial charge < -0.3 is 14.9 Å². The third kappa shape index (κ3) is 3.62. The Morgan fingerprint density at radius 3 is 2.55 bits per heavy atom. The molecule has 0 fully saturated rings. The van der Waals surface area contributed by atoms with E-state index in [1.54, 1.807) is 30.5 Å². The van der Waals surface area contributed by atoms with E-state index in [0.717, 1.165) is 16.8 Å². The summed E-state index contributed by atoms with van der Waals surface area (Å²) in [6.45, 7) is 4.18. The van der Waals surface area contributed by atoms with Crippen LogP contribution in [-0.4, -0.2) is 23.0 Å². The number of benzene rings is 2. The molecule has 0 amide bonds. The van der Waals surface area contributed by atoms with Crippen LogP contribution >= 0.6 is 31.9 Å². The SMILES string of the molecule is CCOc1cc(C=Nc2ccc(O)cc2C)c(Br)c(Br)c1O. The molecule has 2 rings (SSSR count). The average molecular weight is 429 g/mol. The minimum absolute atomic E-state index is 0.0479. The highest BCUT2D eigenvalue weighted by atomic mass is 79.9. The van der Waals surface area contributed by atoms with E-state index < -0.39 is 0 Å². The lowest BCUT2D eigenvalue weighted by molar-refractivity contribution is 0.317. The summed E-state index contributed by atoms with van der Waals surface area (Å²) in [5.41, 5.74) is 2.39. The minimum Gasteiger partial charge on any atom is -0.508 e. The van der Waals surface area contributed by atoms with Gasteiger partial charge in [0.1, 0.15) is 5.75 Å². The van der Waals surface area contributed by atoms with Crippen LogP contribution in [0.2, 0.25) is 0 Å². The highest BCUT2D eigenvalue weighted by Crippen LogP contribution is 2.41. The maximum atomic E-state index is 10.0. The van der Waals surface area contributed by atoms with Gasteiger partial charge in [-0.25, -0.2) is 0 Å². The van der Waals surface area contributed by atoms with Crippen LogP contribution in [0.25, 0.3) is 0 Å². The van der Waals surface area contributed by atoms with Gasteiger partial charge in [-0.05, 0) is 75.5 Å². The topological polar surface area (TPSA) is 62.0 Å². The fourth-order valence-electron chi connectivity index (χ4n) is 1.89. The van der Waals surface area contributed by atoms with Gasteiger partial charge in [0.2, 0.25) is 0 Å². The Kier molecular flexibility index (Phi) is 5.47. The smallest absolute Gasteiger partial charge is 0.173 e. The van der Waals surface area contributed by atoms with E-state index in [9.17, 15) is 10.2 Å². The molecule has 0 aliphatic rings. The summed E-state index contributed by atoms with van der Waals surface area (Å²) in [7, 11) is 0. The van der Waals surface area contributed by atoms with Crippen LogP contribution in [0.15, 0.2) is 38.2 Å². The Morgan fingerprint density at radius 2 is 1.91 bits per heavy atom. The summed E-state index contributed by atoms with van der Waals surface area (Å²) >= 11 is 6.76. The summed E-state index contributed by atoms with van der Waals surface area (Å²) in [6.07, 6.45) is 1.68. The molecule has 22 heavy (non-hydrogen) atoms. The third-order valence-corrected chi connectivity index (χ3v) is 5.16. The van der Waals surface area contributed by atoms with Crippen molar-refractivity contribution < 1.29 is 14.9 Å². The maximum Gasteiger partial charge on any atom is 0.173 e. The van der Waals surface area contributed by atoms with Gasteiger partial charge >= 0.3 is 0 Å². The van der Waals surface area contributed by atoms with E-state index in [0.29, 0.717) is 21.3 Å². The zero-order valence-corrected chi connectivity index (χ0v) is 15.3. The molecule has 0 radical (unpaired) electrons. The average Bonchev–Trinajstić information content (AvgIpc) is 2.48. The van der Waals surface area contributed by atoms with Crippen molar-refractivity contribution in [3.8, 4) is 17.2 Å². The summed E-state index contributed by atoms with van der Waals surface area (Å²) in [5.74, 6) is 0.650. The zero-order chi connectivity index (χ0) is 16.3. The van der Waals surface area contributed by atoms with Crippen molar-refractivity contribution in [3.05, 3.63) is 44.3 Å². The van der Waals surface area contributed by atoms with Crippen LogP contribution in [0.4, 0.5) is 5.69 Å². The molecule has 0 atom stereocenters. The molecule has 2 aromatic rings. The maximum absolute atomic E-state index is 10.0. The van der Waals surface area contributed by atoms with Gasteiger partial charge in [-0.3, -0.25) is 4.99 Å². The first-order valence-corrected chi connectivity index (χ1v) is 8.20. The second-order valence-electron chi connectivity index (χ2n) is 4.60. The summed E-state index contributed by atoms with van der Waals surface area (Å²) in [6, 6.07) is 6.70. The number of hydrogen-bond acceptors (Lipinski definition) is 4. The number of hydrogen-bond donors (Lipinski definition) is 2. The van der Waals surface area contributed by atoms with Crippen molar-refractivity contribution in [2.24, 2.45) is 4.99 Å². The molecule has 0 heterocycles. The lowest BCUT2D eigenvalue weighted by Crippen LogP contribution is -1.95. The number of aliphatic imine (C=N–C) groups is 1. The van der Waals surface area contributed by atoms with E-state index >= 15 is 0 Å². The fraction of sp³-hybridized carbons (Fsp3) is 0.188.